The SMILES string of the molecule is N#Cc1ccc(-n2c3ncccc3c3ccc4c(c5ccccc5n4-c4ccccc4)c32)cc1-c1nc(-c2ccccc2)nc(-c2ccccc2)n1. The van der Waals surface area contributed by atoms with E-state index in [1.54, 1.807) is 0 Å². The average Bonchev–Trinajstić information content (AvgIpc) is 3.74. The summed E-state index contributed by atoms with van der Waals surface area (Å²) in [5.74, 6) is 1.49. The van der Waals surface area contributed by atoms with E-state index in [1.165, 1.54) is 0 Å². The second kappa shape index (κ2) is 11.9. The van der Waals surface area contributed by atoms with Crippen molar-refractivity contribution in [1.29, 1.82) is 5.26 Å². The number of para-hydroxylation sites is 2. The molecule has 0 radical (unpaired) electrons. The van der Waals surface area contributed by atoms with Crippen LogP contribution < -0.4 is 0 Å². The molecule has 242 valence electrons. The molecule has 0 saturated carbocycles. The lowest BCUT2D eigenvalue weighted by Crippen LogP contribution is -2.03. The van der Waals surface area contributed by atoms with Crippen LogP contribution in [0.15, 0.2) is 164 Å². The second-order valence-electron chi connectivity index (χ2n) is 12.6. The molecule has 7 nitrogen and oxygen atoms in total. The monoisotopic (exact) mass is 665 g/mol. The van der Waals surface area contributed by atoms with Gasteiger partial charge in [0.2, 0.25) is 0 Å². The minimum absolute atomic E-state index is 0.422. The summed E-state index contributed by atoms with van der Waals surface area (Å²) >= 11 is 0. The summed E-state index contributed by atoms with van der Waals surface area (Å²) in [5.41, 5.74) is 8.81. The Morgan fingerprint density at radius 2 is 1.12 bits per heavy atom. The van der Waals surface area contributed by atoms with Gasteiger partial charge >= 0.3 is 0 Å². The van der Waals surface area contributed by atoms with Crippen molar-refractivity contribution in [1.82, 2.24) is 29.1 Å². The number of fused-ring (bicyclic) bond motifs is 7. The van der Waals surface area contributed by atoms with E-state index in [-0.39, 0.29) is 0 Å². The number of hydrogen-bond acceptors (Lipinski definition) is 5. The van der Waals surface area contributed by atoms with E-state index in [2.05, 4.69) is 81.9 Å². The zero-order valence-electron chi connectivity index (χ0n) is 27.7. The molecule has 0 unspecified atom stereocenters. The van der Waals surface area contributed by atoms with Crippen molar-refractivity contribution in [3.63, 3.8) is 0 Å². The normalized spacial score (nSPS) is 11.4. The van der Waals surface area contributed by atoms with E-state index in [9.17, 15) is 5.26 Å². The number of nitriles is 1. The van der Waals surface area contributed by atoms with E-state index in [0.717, 1.165) is 66.2 Å². The van der Waals surface area contributed by atoms with Crippen LogP contribution in [0.2, 0.25) is 0 Å². The first kappa shape index (κ1) is 29.5. The van der Waals surface area contributed by atoms with Crippen molar-refractivity contribution in [2.75, 3.05) is 0 Å². The lowest BCUT2D eigenvalue weighted by Gasteiger charge is -2.13. The first-order valence-electron chi connectivity index (χ1n) is 17.1. The van der Waals surface area contributed by atoms with E-state index in [1.807, 2.05) is 97.2 Å². The summed E-state index contributed by atoms with van der Waals surface area (Å²) < 4.78 is 4.54. The molecule has 10 aromatic rings. The molecule has 0 amide bonds. The zero-order chi connectivity index (χ0) is 34.6. The molecule has 0 saturated heterocycles. The summed E-state index contributed by atoms with van der Waals surface area (Å²) in [5, 5.41) is 14.8. The Morgan fingerprint density at radius 3 is 1.83 bits per heavy atom. The maximum Gasteiger partial charge on any atom is 0.165 e. The Bertz CT molecular complexity index is 2950. The topological polar surface area (TPSA) is 85.2 Å². The van der Waals surface area contributed by atoms with Crippen LogP contribution in [0.25, 0.3) is 89.3 Å². The smallest absolute Gasteiger partial charge is 0.165 e. The van der Waals surface area contributed by atoms with Crippen LogP contribution in [0.5, 0.6) is 0 Å². The first-order chi connectivity index (χ1) is 25.8. The molecular weight excluding hydrogens is 639 g/mol. The maximum atomic E-state index is 10.4. The van der Waals surface area contributed by atoms with Crippen molar-refractivity contribution in [2.45, 2.75) is 0 Å². The molecule has 10 rings (SSSR count). The molecular formula is C45H27N7. The summed E-state index contributed by atoms with van der Waals surface area (Å²) in [6.07, 6.45) is 1.83. The molecule has 0 aliphatic rings. The Morgan fingerprint density at radius 1 is 0.481 bits per heavy atom. The van der Waals surface area contributed by atoms with Crippen LogP contribution in [0.3, 0.4) is 0 Å². The fourth-order valence-corrected chi connectivity index (χ4v) is 7.37. The van der Waals surface area contributed by atoms with Gasteiger partial charge < -0.3 is 4.57 Å². The zero-order valence-corrected chi connectivity index (χ0v) is 27.7. The maximum absolute atomic E-state index is 10.4. The van der Waals surface area contributed by atoms with Crippen molar-refractivity contribution in [3.05, 3.63) is 169 Å². The van der Waals surface area contributed by atoms with Gasteiger partial charge in [0.25, 0.3) is 0 Å². The molecule has 4 heterocycles. The van der Waals surface area contributed by atoms with E-state index in [4.69, 9.17) is 19.9 Å². The van der Waals surface area contributed by atoms with Crippen molar-refractivity contribution >= 4 is 43.7 Å². The van der Waals surface area contributed by atoms with Crippen molar-refractivity contribution < 1.29 is 0 Å². The number of rotatable bonds is 5. The quantitative estimate of drug-likeness (QED) is 0.183. The molecule has 0 spiro atoms. The van der Waals surface area contributed by atoms with Gasteiger partial charge in [-0.2, -0.15) is 5.26 Å². The van der Waals surface area contributed by atoms with Gasteiger partial charge in [-0.25, -0.2) is 19.9 Å². The molecule has 0 aliphatic carbocycles. The minimum atomic E-state index is 0.422. The average molecular weight is 666 g/mol. The molecule has 4 aromatic heterocycles. The van der Waals surface area contributed by atoms with Crippen LogP contribution in [0.4, 0.5) is 0 Å². The Hall–Kier alpha value is -7.43. The first-order valence-corrected chi connectivity index (χ1v) is 17.1. The second-order valence-corrected chi connectivity index (χ2v) is 12.6. The highest BCUT2D eigenvalue weighted by Gasteiger charge is 2.23. The fraction of sp³-hybridized carbons (Fsp3) is 0. The van der Waals surface area contributed by atoms with Crippen LogP contribution in [0, 0.1) is 11.3 Å². The third kappa shape index (κ3) is 4.59. The highest BCUT2D eigenvalue weighted by molar-refractivity contribution is 6.25. The molecule has 0 bridgehead atoms. The van der Waals surface area contributed by atoms with E-state index < -0.39 is 0 Å². The highest BCUT2D eigenvalue weighted by atomic mass is 15.1. The van der Waals surface area contributed by atoms with Crippen LogP contribution in [0.1, 0.15) is 5.56 Å². The fourth-order valence-electron chi connectivity index (χ4n) is 7.37. The molecule has 6 aromatic carbocycles. The molecule has 52 heavy (non-hydrogen) atoms. The lowest BCUT2D eigenvalue weighted by molar-refractivity contribution is 1.07. The Labute approximate surface area is 298 Å². The van der Waals surface area contributed by atoms with Crippen LogP contribution >= 0.6 is 0 Å². The number of benzene rings is 6. The van der Waals surface area contributed by atoms with Crippen molar-refractivity contribution in [2.24, 2.45) is 0 Å². The van der Waals surface area contributed by atoms with Gasteiger partial charge in [0, 0.05) is 55.8 Å². The van der Waals surface area contributed by atoms with Gasteiger partial charge in [-0.05, 0) is 54.6 Å². The number of aromatic nitrogens is 6. The van der Waals surface area contributed by atoms with Gasteiger partial charge in [-0.3, -0.25) is 4.57 Å². The van der Waals surface area contributed by atoms with Gasteiger partial charge in [-0.1, -0.05) is 103 Å². The highest BCUT2D eigenvalue weighted by Crippen LogP contribution is 2.42. The van der Waals surface area contributed by atoms with Crippen molar-refractivity contribution in [3.8, 4) is 51.6 Å². The standard InChI is InChI=1S/C45H27N7/c46-28-31-22-23-33(27-37(31)44-49-42(29-13-4-1-5-14-29)48-43(50-44)30-15-6-2-7-16-30)52-41-34(35-20-12-26-47-45(35)52)24-25-39-40(41)36-19-10-11-21-38(36)51(39)32-17-8-3-9-18-32/h1-27H. The predicted octanol–water partition coefficient (Wildman–Crippen LogP) is 10.3. The summed E-state index contributed by atoms with van der Waals surface area (Å²) in [6, 6.07) is 55.5. The van der Waals surface area contributed by atoms with Gasteiger partial charge in [0.15, 0.2) is 17.5 Å². The number of pyridine rings is 1. The lowest BCUT2D eigenvalue weighted by atomic mass is 10.1. The van der Waals surface area contributed by atoms with Crippen LogP contribution in [-0.4, -0.2) is 29.1 Å². The third-order valence-corrected chi connectivity index (χ3v) is 9.66. The molecule has 0 fully saturated rings. The molecule has 0 aliphatic heterocycles. The number of nitrogens with zero attached hydrogens (tertiary/aromatic N) is 7. The Balaban J connectivity index is 1.28. The predicted molar refractivity (Wildman–Crippen MR) is 207 cm³/mol. The van der Waals surface area contributed by atoms with Gasteiger partial charge in [0.1, 0.15) is 5.65 Å². The third-order valence-electron chi connectivity index (χ3n) is 9.66. The molecule has 0 atom stereocenters. The molecule has 0 N–H and O–H groups in total. The van der Waals surface area contributed by atoms with E-state index in [0.29, 0.717) is 28.6 Å². The Kier molecular flexibility index (Phi) is 6.73. The van der Waals surface area contributed by atoms with E-state index >= 15 is 0 Å². The summed E-state index contributed by atoms with van der Waals surface area (Å²) in [6.45, 7) is 0. The molecule has 7 heteroatoms. The summed E-state index contributed by atoms with van der Waals surface area (Å²) in [4.78, 5) is 19.8. The minimum Gasteiger partial charge on any atom is -0.309 e. The van der Waals surface area contributed by atoms with Crippen LogP contribution in [-0.2, 0) is 0 Å². The van der Waals surface area contributed by atoms with Gasteiger partial charge in [0.05, 0.1) is 28.2 Å². The summed E-state index contributed by atoms with van der Waals surface area (Å²) in [7, 11) is 0. The number of hydrogen-bond donors (Lipinski definition) is 0. The largest absolute Gasteiger partial charge is 0.309 e. The van der Waals surface area contributed by atoms with Gasteiger partial charge in [-0.15, -0.1) is 0 Å².